The Labute approximate surface area is 106 Å². The molecule has 0 spiro atoms. The number of amides is 1. The van der Waals surface area contributed by atoms with Gasteiger partial charge in [-0.25, -0.2) is 4.79 Å². The molecule has 0 saturated carbocycles. The second-order valence-corrected chi connectivity index (χ2v) is 3.88. The van der Waals surface area contributed by atoms with E-state index >= 15 is 0 Å². The number of carbonyl (C=O) groups is 2. The summed E-state index contributed by atoms with van der Waals surface area (Å²) in [6.45, 7) is 4.19. The predicted octanol–water partition coefficient (Wildman–Crippen LogP) is 1.71. The Kier molecular flexibility index (Phi) is 5.17. The number of hydrogen-bond donors (Lipinski definition) is 3. The van der Waals surface area contributed by atoms with E-state index in [0.29, 0.717) is 24.2 Å². The number of rotatable bonds is 6. The lowest BCUT2D eigenvalue weighted by molar-refractivity contribution is -0.137. The van der Waals surface area contributed by atoms with Gasteiger partial charge in [0.2, 0.25) is 0 Å². The largest absolute Gasteiger partial charge is 0.480 e. The van der Waals surface area contributed by atoms with E-state index in [0.717, 1.165) is 0 Å². The van der Waals surface area contributed by atoms with Crippen molar-refractivity contribution in [2.24, 2.45) is 0 Å². The molecule has 1 atom stereocenters. The second-order valence-electron chi connectivity index (χ2n) is 3.88. The van der Waals surface area contributed by atoms with Crippen LogP contribution in [0.1, 0.15) is 30.6 Å². The first kappa shape index (κ1) is 14.0. The number of carboxylic acid groups (broad SMARTS) is 1. The number of nitrogens with one attached hydrogen (secondary N) is 2. The third-order valence-electron chi connectivity index (χ3n) is 2.51. The first-order valence-electron chi connectivity index (χ1n) is 5.96. The Bertz CT molecular complexity index is 432. The Morgan fingerprint density at radius 3 is 2.61 bits per heavy atom. The van der Waals surface area contributed by atoms with Crippen molar-refractivity contribution in [3.05, 3.63) is 29.8 Å². The fraction of sp³-hybridized carbons (Fsp3) is 0.385. The van der Waals surface area contributed by atoms with Gasteiger partial charge in [0, 0.05) is 17.8 Å². The first-order chi connectivity index (χ1) is 8.58. The van der Waals surface area contributed by atoms with Crippen LogP contribution in [0.2, 0.25) is 0 Å². The Hall–Kier alpha value is -2.04. The molecule has 1 unspecified atom stereocenters. The number of carbonyl (C=O) groups excluding carboxylic acids is 1. The molecule has 0 aromatic heterocycles. The zero-order valence-corrected chi connectivity index (χ0v) is 10.6. The average Bonchev–Trinajstić information content (AvgIpc) is 2.36. The summed E-state index contributed by atoms with van der Waals surface area (Å²) in [4.78, 5) is 22.5. The third-order valence-corrected chi connectivity index (χ3v) is 2.51. The van der Waals surface area contributed by atoms with Crippen molar-refractivity contribution in [1.82, 2.24) is 5.32 Å². The topological polar surface area (TPSA) is 78.4 Å². The van der Waals surface area contributed by atoms with Gasteiger partial charge in [0.15, 0.2) is 0 Å². The smallest absolute Gasteiger partial charge is 0.326 e. The van der Waals surface area contributed by atoms with Crippen LogP contribution >= 0.6 is 0 Å². The molecule has 18 heavy (non-hydrogen) atoms. The maximum Gasteiger partial charge on any atom is 0.326 e. The maximum absolute atomic E-state index is 11.6. The van der Waals surface area contributed by atoms with Gasteiger partial charge in [-0.3, -0.25) is 4.79 Å². The van der Waals surface area contributed by atoms with Gasteiger partial charge in [0.1, 0.15) is 6.04 Å². The SMILES string of the molecule is CCNC(=O)c1cccc(NC(CC)C(=O)O)c1. The molecular formula is C13H18N2O3. The molecule has 1 rings (SSSR count). The van der Waals surface area contributed by atoms with E-state index < -0.39 is 12.0 Å². The highest BCUT2D eigenvalue weighted by Gasteiger charge is 2.14. The van der Waals surface area contributed by atoms with E-state index in [-0.39, 0.29) is 5.91 Å². The van der Waals surface area contributed by atoms with E-state index in [4.69, 9.17) is 5.11 Å². The van der Waals surface area contributed by atoms with Crippen molar-refractivity contribution in [2.45, 2.75) is 26.3 Å². The summed E-state index contributed by atoms with van der Waals surface area (Å²) < 4.78 is 0. The van der Waals surface area contributed by atoms with Crippen molar-refractivity contribution < 1.29 is 14.7 Å². The van der Waals surface area contributed by atoms with E-state index in [1.165, 1.54) is 0 Å². The summed E-state index contributed by atoms with van der Waals surface area (Å²) in [5.41, 5.74) is 1.15. The first-order valence-corrected chi connectivity index (χ1v) is 5.96. The van der Waals surface area contributed by atoms with E-state index in [2.05, 4.69) is 10.6 Å². The van der Waals surface area contributed by atoms with Crippen LogP contribution in [0.3, 0.4) is 0 Å². The Balaban J connectivity index is 2.81. The highest BCUT2D eigenvalue weighted by molar-refractivity contribution is 5.95. The lowest BCUT2D eigenvalue weighted by atomic mass is 10.1. The van der Waals surface area contributed by atoms with Crippen molar-refractivity contribution >= 4 is 17.6 Å². The Morgan fingerprint density at radius 1 is 1.33 bits per heavy atom. The van der Waals surface area contributed by atoms with Gasteiger partial charge >= 0.3 is 5.97 Å². The molecule has 0 radical (unpaired) electrons. The quantitative estimate of drug-likeness (QED) is 0.718. The van der Waals surface area contributed by atoms with Crippen LogP contribution in [0.4, 0.5) is 5.69 Å². The highest BCUT2D eigenvalue weighted by atomic mass is 16.4. The molecule has 1 amide bonds. The molecule has 0 aliphatic heterocycles. The van der Waals surface area contributed by atoms with E-state index in [1.54, 1.807) is 31.2 Å². The van der Waals surface area contributed by atoms with Gasteiger partial charge in [-0.1, -0.05) is 13.0 Å². The number of anilines is 1. The van der Waals surface area contributed by atoms with Crippen LogP contribution in [0, 0.1) is 0 Å². The third kappa shape index (κ3) is 3.76. The summed E-state index contributed by atoms with van der Waals surface area (Å²) in [6, 6.07) is 6.17. The van der Waals surface area contributed by atoms with Crippen LogP contribution in [0.25, 0.3) is 0 Å². The molecule has 98 valence electrons. The summed E-state index contributed by atoms with van der Waals surface area (Å²) in [6.07, 6.45) is 0.473. The van der Waals surface area contributed by atoms with Crippen LogP contribution < -0.4 is 10.6 Å². The molecule has 1 aromatic carbocycles. The standard InChI is InChI=1S/C13H18N2O3/c1-3-11(13(17)18)15-10-7-5-6-9(8-10)12(16)14-4-2/h5-8,11,15H,3-4H2,1-2H3,(H,14,16)(H,17,18). The van der Waals surface area contributed by atoms with Crippen molar-refractivity contribution in [1.29, 1.82) is 0 Å². The van der Waals surface area contributed by atoms with Gasteiger partial charge in [-0.15, -0.1) is 0 Å². The van der Waals surface area contributed by atoms with Crippen molar-refractivity contribution in [3.8, 4) is 0 Å². The lowest BCUT2D eigenvalue weighted by Crippen LogP contribution is -2.28. The normalized spacial score (nSPS) is 11.7. The van der Waals surface area contributed by atoms with Gasteiger partial charge in [0.05, 0.1) is 0 Å². The molecule has 0 fully saturated rings. The van der Waals surface area contributed by atoms with Crippen LogP contribution in [0.15, 0.2) is 24.3 Å². The van der Waals surface area contributed by atoms with Gasteiger partial charge in [-0.2, -0.15) is 0 Å². The minimum Gasteiger partial charge on any atom is -0.480 e. The zero-order valence-electron chi connectivity index (χ0n) is 10.6. The molecule has 5 nitrogen and oxygen atoms in total. The minimum atomic E-state index is -0.902. The second kappa shape index (κ2) is 6.64. The fourth-order valence-electron chi connectivity index (χ4n) is 1.55. The summed E-state index contributed by atoms with van der Waals surface area (Å²) >= 11 is 0. The summed E-state index contributed by atoms with van der Waals surface area (Å²) in [5, 5.41) is 14.5. The molecule has 1 aromatic rings. The average molecular weight is 250 g/mol. The molecule has 5 heteroatoms. The van der Waals surface area contributed by atoms with Crippen molar-refractivity contribution in [3.63, 3.8) is 0 Å². The predicted molar refractivity (Wildman–Crippen MR) is 69.8 cm³/mol. The van der Waals surface area contributed by atoms with Crippen LogP contribution in [0.5, 0.6) is 0 Å². The minimum absolute atomic E-state index is 0.162. The number of aliphatic carboxylic acids is 1. The number of carboxylic acids is 1. The van der Waals surface area contributed by atoms with E-state index in [1.807, 2.05) is 6.92 Å². The van der Waals surface area contributed by atoms with Gasteiger partial charge in [-0.05, 0) is 31.5 Å². The molecule has 0 aliphatic carbocycles. The fourth-order valence-corrected chi connectivity index (χ4v) is 1.55. The molecule has 0 bridgehead atoms. The molecule has 0 heterocycles. The Morgan fingerprint density at radius 2 is 2.06 bits per heavy atom. The summed E-state index contributed by atoms with van der Waals surface area (Å²) in [5.74, 6) is -1.06. The summed E-state index contributed by atoms with van der Waals surface area (Å²) in [7, 11) is 0. The number of benzene rings is 1. The molecular weight excluding hydrogens is 232 g/mol. The van der Waals surface area contributed by atoms with Crippen LogP contribution in [-0.2, 0) is 4.79 Å². The van der Waals surface area contributed by atoms with E-state index in [9.17, 15) is 9.59 Å². The van der Waals surface area contributed by atoms with Gasteiger partial charge in [0.25, 0.3) is 5.91 Å². The molecule has 3 N–H and O–H groups in total. The van der Waals surface area contributed by atoms with Gasteiger partial charge < -0.3 is 15.7 Å². The molecule has 0 saturated heterocycles. The zero-order chi connectivity index (χ0) is 13.5. The highest BCUT2D eigenvalue weighted by Crippen LogP contribution is 2.13. The monoisotopic (exact) mass is 250 g/mol. The molecule has 0 aliphatic rings. The van der Waals surface area contributed by atoms with Crippen LogP contribution in [-0.4, -0.2) is 29.6 Å². The van der Waals surface area contributed by atoms with Crippen molar-refractivity contribution in [2.75, 3.05) is 11.9 Å². The lowest BCUT2D eigenvalue weighted by Gasteiger charge is -2.14. The maximum atomic E-state index is 11.6. The number of hydrogen-bond acceptors (Lipinski definition) is 3.